The molecule has 1 N–H and O–H groups in total. The van der Waals surface area contributed by atoms with Crippen LogP contribution in [0.4, 0.5) is 5.69 Å². The molecule has 4 nitrogen and oxygen atoms in total. The predicted octanol–water partition coefficient (Wildman–Crippen LogP) is 4.06. The van der Waals surface area contributed by atoms with Crippen LogP contribution in [0.5, 0.6) is 0 Å². The number of nitrogens with one attached hydrogen (secondary N) is 1. The predicted molar refractivity (Wildman–Crippen MR) is 99.5 cm³/mol. The van der Waals surface area contributed by atoms with Crippen molar-refractivity contribution < 1.29 is 14.3 Å². The van der Waals surface area contributed by atoms with Crippen LogP contribution in [0.15, 0.2) is 48.5 Å². The van der Waals surface area contributed by atoms with E-state index in [4.69, 9.17) is 4.74 Å². The third kappa shape index (κ3) is 6.79. The van der Waals surface area contributed by atoms with Crippen LogP contribution in [-0.4, -0.2) is 18.5 Å². The zero-order chi connectivity index (χ0) is 18.1. The van der Waals surface area contributed by atoms with Crippen LogP contribution in [0, 0.1) is 6.92 Å². The Balaban J connectivity index is 1.74. The molecule has 0 spiro atoms. The molecule has 1 amide bonds. The Morgan fingerprint density at radius 3 is 2.24 bits per heavy atom. The van der Waals surface area contributed by atoms with Gasteiger partial charge in [-0.1, -0.05) is 55.3 Å². The van der Waals surface area contributed by atoms with Crippen LogP contribution in [0.1, 0.15) is 36.5 Å². The fourth-order valence-electron chi connectivity index (χ4n) is 2.40. The molecule has 0 bridgehead atoms. The van der Waals surface area contributed by atoms with E-state index in [2.05, 4.69) is 12.2 Å². The lowest BCUT2D eigenvalue weighted by molar-refractivity contribution is -0.146. The highest BCUT2D eigenvalue weighted by Gasteiger charge is 2.09. The molecular weight excluding hydrogens is 314 g/mol. The van der Waals surface area contributed by atoms with E-state index in [1.165, 1.54) is 5.56 Å². The van der Waals surface area contributed by atoms with E-state index in [1.54, 1.807) is 0 Å². The maximum absolute atomic E-state index is 11.9. The largest absolute Gasteiger partial charge is 0.455 e. The number of ether oxygens (including phenoxy) is 1. The Morgan fingerprint density at radius 2 is 1.60 bits per heavy atom. The van der Waals surface area contributed by atoms with E-state index in [-0.39, 0.29) is 18.9 Å². The van der Waals surface area contributed by atoms with Gasteiger partial charge in [-0.2, -0.15) is 0 Å². The first-order chi connectivity index (χ1) is 12.1. The van der Waals surface area contributed by atoms with Gasteiger partial charge in [0.25, 0.3) is 5.91 Å². The Morgan fingerprint density at radius 1 is 0.960 bits per heavy atom. The zero-order valence-electron chi connectivity index (χ0n) is 14.9. The molecule has 0 heterocycles. The lowest BCUT2D eigenvalue weighted by Gasteiger charge is -2.08. The number of amides is 1. The van der Waals surface area contributed by atoms with Crippen molar-refractivity contribution in [1.29, 1.82) is 0 Å². The standard InChI is InChI=1S/C21H25NO3/c1-3-4-5-17-10-12-19(13-11-17)22-20(23)15-25-21(24)14-18-8-6-16(2)7-9-18/h6-13H,3-5,14-15H2,1-2H3,(H,22,23). The molecule has 0 fully saturated rings. The molecule has 2 rings (SSSR count). The van der Waals surface area contributed by atoms with Crippen molar-refractivity contribution in [2.45, 2.75) is 39.5 Å². The van der Waals surface area contributed by atoms with Gasteiger partial charge in [0.2, 0.25) is 0 Å². The zero-order valence-corrected chi connectivity index (χ0v) is 14.9. The number of carbonyl (C=O) groups excluding carboxylic acids is 2. The quantitative estimate of drug-likeness (QED) is 0.738. The van der Waals surface area contributed by atoms with Crippen molar-refractivity contribution in [3.05, 3.63) is 65.2 Å². The summed E-state index contributed by atoms with van der Waals surface area (Å²) >= 11 is 0. The van der Waals surface area contributed by atoms with Crippen molar-refractivity contribution in [1.82, 2.24) is 0 Å². The SMILES string of the molecule is CCCCc1ccc(NC(=O)COC(=O)Cc2ccc(C)cc2)cc1. The minimum absolute atomic E-state index is 0.166. The summed E-state index contributed by atoms with van der Waals surface area (Å²) in [5, 5.41) is 2.74. The van der Waals surface area contributed by atoms with Gasteiger partial charge >= 0.3 is 5.97 Å². The number of unbranched alkanes of at least 4 members (excludes halogenated alkanes) is 1. The summed E-state index contributed by atoms with van der Waals surface area (Å²) in [6.45, 7) is 3.87. The monoisotopic (exact) mass is 339 g/mol. The van der Waals surface area contributed by atoms with Crippen LogP contribution >= 0.6 is 0 Å². The van der Waals surface area contributed by atoms with E-state index >= 15 is 0 Å². The average Bonchev–Trinajstić information content (AvgIpc) is 2.61. The van der Waals surface area contributed by atoms with E-state index in [9.17, 15) is 9.59 Å². The molecule has 4 heteroatoms. The van der Waals surface area contributed by atoms with Crippen LogP contribution in [0.25, 0.3) is 0 Å². The molecule has 0 aliphatic rings. The van der Waals surface area contributed by atoms with Gasteiger partial charge in [-0.15, -0.1) is 0 Å². The van der Waals surface area contributed by atoms with E-state index in [1.807, 2.05) is 55.5 Å². The van der Waals surface area contributed by atoms with Crippen LogP contribution in [-0.2, 0) is 27.2 Å². The molecule has 25 heavy (non-hydrogen) atoms. The number of aryl methyl sites for hydroxylation is 2. The van der Waals surface area contributed by atoms with Crippen molar-refractivity contribution >= 4 is 17.6 Å². The summed E-state index contributed by atoms with van der Waals surface area (Å²) in [5.41, 5.74) is 3.97. The van der Waals surface area contributed by atoms with Gasteiger partial charge in [0.15, 0.2) is 6.61 Å². The number of esters is 1. The molecule has 0 aliphatic heterocycles. The fraction of sp³-hybridized carbons (Fsp3) is 0.333. The van der Waals surface area contributed by atoms with Gasteiger partial charge in [0, 0.05) is 5.69 Å². The first kappa shape index (κ1) is 18.7. The average molecular weight is 339 g/mol. The molecule has 0 saturated heterocycles. The molecule has 2 aromatic carbocycles. The third-order valence-electron chi connectivity index (χ3n) is 3.89. The van der Waals surface area contributed by atoms with Crippen LogP contribution in [0.3, 0.4) is 0 Å². The van der Waals surface area contributed by atoms with E-state index in [0.29, 0.717) is 5.69 Å². The summed E-state index contributed by atoms with van der Waals surface area (Å²) in [6.07, 6.45) is 3.52. The number of hydrogen-bond donors (Lipinski definition) is 1. The molecule has 0 aromatic heterocycles. The minimum atomic E-state index is -0.408. The Kier molecular flexibility index (Phi) is 7.20. The van der Waals surface area contributed by atoms with Crippen molar-refractivity contribution in [3.63, 3.8) is 0 Å². The highest BCUT2D eigenvalue weighted by atomic mass is 16.5. The van der Waals surface area contributed by atoms with Gasteiger partial charge < -0.3 is 10.1 Å². The molecule has 2 aromatic rings. The normalized spacial score (nSPS) is 10.3. The minimum Gasteiger partial charge on any atom is -0.455 e. The maximum atomic E-state index is 11.9. The number of benzene rings is 2. The topological polar surface area (TPSA) is 55.4 Å². The number of hydrogen-bond acceptors (Lipinski definition) is 3. The highest BCUT2D eigenvalue weighted by molar-refractivity contribution is 5.92. The lowest BCUT2D eigenvalue weighted by atomic mass is 10.1. The summed E-state index contributed by atoms with van der Waals surface area (Å²) in [4.78, 5) is 23.7. The first-order valence-corrected chi connectivity index (χ1v) is 8.67. The summed E-state index contributed by atoms with van der Waals surface area (Å²) in [7, 11) is 0. The molecule has 0 unspecified atom stereocenters. The maximum Gasteiger partial charge on any atom is 0.310 e. The Hall–Kier alpha value is -2.62. The highest BCUT2D eigenvalue weighted by Crippen LogP contribution is 2.12. The molecule has 0 aliphatic carbocycles. The summed E-state index contributed by atoms with van der Waals surface area (Å²) in [5.74, 6) is -0.743. The number of carbonyl (C=O) groups is 2. The summed E-state index contributed by atoms with van der Waals surface area (Å²) < 4.78 is 5.04. The molecular formula is C21H25NO3. The van der Waals surface area contributed by atoms with Gasteiger partial charge in [-0.05, 0) is 43.0 Å². The smallest absolute Gasteiger partial charge is 0.310 e. The number of rotatable bonds is 8. The van der Waals surface area contributed by atoms with Gasteiger partial charge in [-0.3, -0.25) is 9.59 Å². The first-order valence-electron chi connectivity index (χ1n) is 8.67. The molecule has 0 saturated carbocycles. The second kappa shape index (κ2) is 9.62. The van der Waals surface area contributed by atoms with Crippen molar-refractivity contribution in [2.75, 3.05) is 11.9 Å². The van der Waals surface area contributed by atoms with Crippen LogP contribution in [0.2, 0.25) is 0 Å². The van der Waals surface area contributed by atoms with E-state index < -0.39 is 5.97 Å². The van der Waals surface area contributed by atoms with Crippen molar-refractivity contribution in [3.8, 4) is 0 Å². The van der Waals surface area contributed by atoms with Gasteiger partial charge in [0.1, 0.15) is 0 Å². The van der Waals surface area contributed by atoms with Crippen LogP contribution < -0.4 is 5.32 Å². The second-order valence-electron chi connectivity index (χ2n) is 6.17. The molecule has 0 atom stereocenters. The molecule has 132 valence electrons. The Labute approximate surface area is 149 Å². The third-order valence-corrected chi connectivity index (χ3v) is 3.89. The summed E-state index contributed by atoms with van der Waals surface area (Å²) in [6, 6.07) is 15.4. The lowest BCUT2D eigenvalue weighted by Crippen LogP contribution is -2.21. The van der Waals surface area contributed by atoms with Gasteiger partial charge in [0.05, 0.1) is 6.42 Å². The second-order valence-corrected chi connectivity index (χ2v) is 6.17. The van der Waals surface area contributed by atoms with Gasteiger partial charge in [-0.25, -0.2) is 0 Å². The molecule has 0 radical (unpaired) electrons. The van der Waals surface area contributed by atoms with E-state index in [0.717, 1.165) is 30.4 Å². The Bertz CT molecular complexity index is 690. The fourth-order valence-corrected chi connectivity index (χ4v) is 2.40. The number of anilines is 1. The van der Waals surface area contributed by atoms with Crippen molar-refractivity contribution in [2.24, 2.45) is 0 Å².